The first-order chi connectivity index (χ1) is 14.2. The average Bonchev–Trinajstić information content (AvgIpc) is 3.28. The van der Waals surface area contributed by atoms with Gasteiger partial charge < -0.3 is 24.4 Å². The Hall–Kier alpha value is -2.44. The number of rotatable bonds is 6. The summed E-state index contributed by atoms with van der Waals surface area (Å²) in [5.41, 5.74) is 1.06. The molecule has 1 aromatic carbocycles. The van der Waals surface area contributed by atoms with Gasteiger partial charge in [0.15, 0.2) is 17.5 Å². The van der Waals surface area contributed by atoms with Crippen molar-refractivity contribution in [1.82, 2.24) is 10.2 Å². The molecule has 0 bridgehead atoms. The van der Waals surface area contributed by atoms with Crippen LogP contribution in [-0.4, -0.2) is 57.3 Å². The molecule has 160 valence electrons. The zero-order valence-electron chi connectivity index (χ0n) is 17.8. The van der Waals surface area contributed by atoms with Gasteiger partial charge in [0.2, 0.25) is 0 Å². The molecular weight excluding hydrogens is 370 g/mol. The number of esters is 1. The van der Waals surface area contributed by atoms with Gasteiger partial charge in [-0.15, -0.1) is 0 Å². The Kier molecular flexibility index (Phi) is 7.61. The summed E-state index contributed by atoms with van der Waals surface area (Å²) < 4.78 is 16.8. The number of carbonyl (C=O) groups is 1. The molecule has 2 fully saturated rings. The van der Waals surface area contributed by atoms with Gasteiger partial charge in [-0.05, 0) is 44.6 Å². The highest BCUT2D eigenvalue weighted by Crippen LogP contribution is 2.34. The predicted octanol–water partition coefficient (Wildman–Crippen LogP) is 2.98. The van der Waals surface area contributed by atoms with Gasteiger partial charge in [0, 0.05) is 32.2 Å². The topological polar surface area (TPSA) is 72.4 Å². The van der Waals surface area contributed by atoms with Crippen molar-refractivity contribution in [3.63, 3.8) is 0 Å². The van der Waals surface area contributed by atoms with Crippen LogP contribution in [0.25, 0.3) is 0 Å². The molecule has 1 aliphatic carbocycles. The SMILES string of the molecule is CN=C(NCc1cccc(OC)c1OC1CCCC1)N1CCC(C(=O)OC)CC1. The predicted molar refractivity (Wildman–Crippen MR) is 112 cm³/mol. The summed E-state index contributed by atoms with van der Waals surface area (Å²) in [6.45, 7) is 2.16. The van der Waals surface area contributed by atoms with Gasteiger partial charge in [-0.2, -0.15) is 0 Å². The van der Waals surface area contributed by atoms with Crippen LogP contribution < -0.4 is 14.8 Å². The fraction of sp³-hybridized carbons (Fsp3) is 0.636. The Morgan fingerprint density at radius 1 is 1.17 bits per heavy atom. The van der Waals surface area contributed by atoms with E-state index in [1.54, 1.807) is 14.2 Å². The number of nitrogens with zero attached hydrogens (tertiary/aromatic N) is 2. The number of methoxy groups -OCH3 is 2. The number of hydrogen-bond acceptors (Lipinski definition) is 5. The van der Waals surface area contributed by atoms with E-state index >= 15 is 0 Å². The van der Waals surface area contributed by atoms with E-state index in [4.69, 9.17) is 14.2 Å². The Bertz CT molecular complexity index is 708. The Morgan fingerprint density at radius 2 is 1.90 bits per heavy atom. The number of piperidine rings is 1. The maximum Gasteiger partial charge on any atom is 0.308 e. The third-order valence-electron chi connectivity index (χ3n) is 5.84. The van der Waals surface area contributed by atoms with E-state index in [9.17, 15) is 4.79 Å². The second kappa shape index (κ2) is 10.4. The molecule has 0 spiro atoms. The molecule has 1 heterocycles. The lowest BCUT2D eigenvalue weighted by Crippen LogP contribution is -2.46. The van der Waals surface area contributed by atoms with Crippen LogP contribution in [0.3, 0.4) is 0 Å². The van der Waals surface area contributed by atoms with Crippen molar-refractivity contribution < 1.29 is 19.0 Å². The van der Waals surface area contributed by atoms with Gasteiger partial charge in [0.1, 0.15) is 0 Å². The zero-order chi connectivity index (χ0) is 20.6. The minimum Gasteiger partial charge on any atom is -0.493 e. The molecule has 1 aliphatic heterocycles. The number of aliphatic imine (C=N–C) groups is 1. The first kappa shape index (κ1) is 21.3. The maximum atomic E-state index is 11.8. The van der Waals surface area contributed by atoms with E-state index in [-0.39, 0.29) is 18.0 Å². The molecule has 0 aromatic heterocycles. The van der Waals surface area contributed by atoms with Crippen molar-refractivity contribution in [2.75, 3.05) is 34.4 Å². The fourth-order valence-corrected chi connectivity index (χ4v) is 4.17. The smallest absolute Gasteiger partial charge is 0.308 e. The van der Waals surface area contributed by atoms with E-state index in [1.165, 1.54) is 20.0 Å². The van der Waals surface area contributed by atoms with Crippen LogP contribution in [0.5, 0.6) is 11.5 Å². The first-order valence-corrected chi connectivity index (χ1v) is 10.5. The lowest BCUT2D eigenvalue weighted by Gasteiger charge is -2.33. The normalized spacial score (nSPS) is 18.6. The Morgan fingerprint density at radius 3 is 2.52 bits per heavy atom. The fourth-order valence-electron chi connectivity index (χ4n) is 4.17. The van der Waals surface area contributed by atoms with E-state index in [0.717, 1.165) is 61.8 Å². The molecule has 7 nitrogen and oxygen atoms in total. The number of hydrogen-bond donors (Lipinski definition) is 1. The van der Waals surface area contributed by atoms with Crippen LogP contribution in [0.15, 0.2) is 23.2 Å². The van der Waals surface area contributed by atoms with E-state index in [1.807, 2.05) is 12.1 Å². The van der Waals surface area contributed by atoms with E-state index in [2.05, 4.69) is 21.3 Å². The highest BCUT2D eigenvalue weighted by Gasteiger charge is 2.27. The molecule has 1 saturated carbocycles. The van der Waals surface area contributed by atoms with Crippen molar-refractivity contribution >= 4 is 11.9 Å². The molecule has 0 radical (unpaired) electrons. The molecule has 1 N–H and O–H groups in total. The number of carbonyl (C=O) groups excluding carboxylic acids is 1. The van der Waals surface area contributed by atoms with Crippen LogP contribution in [0.1, 0.15) is 44.1 Å². The quantitative estimate of drug-likeness (QED) is 0.447. The van der Waals surface area contributed by atoms with Crippen molar-refractivity contribution in [3.8, 4) is 11.5 Å². The molecular formula is C22H33N3O4. The van der Waals surface area contributed by atoms with Gasteiger partial charge in [-0.3, -0.25) is 9.79 Å². The van der Waals surface area contributed by atoms with E-state index < -0.39 is 0 Å². The monoisotopic (exact) mass is 403 g/mol. The molecule has 2 aliphatic rings. The Balaban J connectivity index is 1.63. The highest BCUT2D eigenvalue weighted by atomic mass is 16.5. The Labute approximate surface area is 173 Å². The molecule has 0 amide bonds. The van der Waals surface area contributed by atoms with Crippen molar-refractivity contribution in [1.29, 1.82) is 0 Å². The van der Waals surface area contributed by atoms with Gasteiger partial charge in [0.05, 0.1) is 26.2 Å². The van der Waals surface area contributed by atoms with E-state index in [0.29, 0.717) is 6.54 Å². The lowest BCUT2D eigenvalue weighted by atomic mass is 9.97. The van der Waals surface area contributed by atoms with Crippen molar-refractivity contribution in [2.24, 2.45) is 10.9 Å². The van der Waals surface area contributed by atoms with Gasteiger partial charge in [0.25, 0.3) is 0 Å². The summed E-state index contributed by atoms with van der Waals surface area (Å²) in [4.78, 5) is 18.4. The van der Waals surface area contributed by atoms with Gasteiger partial charge in [-0.1, -0.05) is 12.1 Å². The highest BCUT2D eigenvalue weighted by molar-refractivity contribution is 5.80. The third-order valence-corrected chi connectivity index (χ3v) is 5.84. The van der Waals surface area contributed by atoms with Gasteiger partial charge in [-0.25, -0.2) is 0 Å². The molecule has 29 heavy (non-hydrogen) atoms. The number of benzene rings is 1. The minimum atomic E-state index is -0.113. The number of nitrogens with one attached hydrogen (secondary N) is 1. The molecule has 3 rings (SSSR count). The van der Waals surface area contributed by atoms with Crippen LogP contribution in [0.2, 0.25) is 0 Å². The number of para-hydroxylation sites is 1. The summed E-state index contributed by atoms with van der Waals surface area (Å²) in [5.74, 6) is 2.30. The average molecular weight is 404 g/mol. The van der Waals surface area contributed by atoms with Crippen molar-refractivity contribution in [2.45, 2.75) is 51.2 Å². The minimum absolute atomic E-state index is 0.0147. The number of guanidine groups is 1. The summed E-state index contributed by atoms with van der Waals surface area (Å²) in [6, 6.07) is 6.00. The summed E-state index contributed by atoms with van der Waals surface area (Å²) >= 11 is 0. The van der Waals surface area contributed by atoms with Gasteiger partial charge >= 0.3 is 5.97 Å². The largest absolute Gasteiger partial charge is 0.493 e. The maximum absolute atomic E-state index is 11.8. The van der Waals surface area contributed by atoms with Crippen LogP contribution in [0.4, 0.5) is 0 Å². The molecule has 1 aromatic rings. The molecule has 0 atom stereocenters. The van der Waals surface area contributed by atoms with Crippen molar-refractivity contribution in [3.05, 3.63) is 23.8 Å². The summed E-state index contributed by atoms with van der Waals surface area (Å²) in [5, 5.41) is 3.45. The number of ether oxygens (including phenoxy) is 3. The number of likely N-dealkylation sites (tertiary alicyclic amines) is 1. The third kappa shape index (κ3) is 5.34. The van der Waals surface area contributed by atoms with Crippen LogP contribution in [-0.2, 0) is 16.1 Å². The second-order valence-corrected chi connectivity index (χ2v) is 7.66. The molecule has 7 heteroatoms. The zero-order valence-corrected chi connectivity index (χ0v) is 17.8. The van der Waals surface area contributed by atoms with Crippen LogP contribution in [0, 0.1) is 5.92 Å². The lowest BCUT2D eigenvalue weighted by molar-refractivity contribution is -0.146. The first-order valence-electron chi connectivity index (χ1n) is 10.5. The summed E-state index contributed by atoms with van der Waals surface area (Å²) in [6.07, 6.45) is 6.47. The van der Waals surface area contributed by atoms with Crippen LogP contribution >= 0.6 is 0 Å². The second-order valence-electron chi connectivity index (χ2n) is 7.66. The molecule has 1 saturated heterocycles. The standard InChI is InChI=1S/C22H33N3O4/c1-23-22(25-13-11-16(12-14-25)21(26)28-3)24-15-17-7-6-10-19(27-2)20(17)29-18-8-4-5-9-18/h6-7,10,16,18H,4-5,8-9,11-15H2,1-3H3,(H,23,24). The summed E-state index contributed by atoms with van der Waals surface area (Å²) in [7, 11) is 4.92. The molecule has 0 unspecified atom stereocenters.